The highest BCUT2D eigenvalue weighted by Gasteiger charge is 2.09. The number of amides is 1. The molecule has 10 heteroatoms. The average molecular weight is 330 g/mol. The zero-order chi connectivity index (χ0) is 14.2. The Morgan fingerprint density at radius 3 is 3.10 bits per heavy atom. The summed E-state index contributed by atoms with van der Waals surface area (Å²) in [5.74, 6) is 1.15. The van der Waals surface area contributed by atoms with Crippen molar-refractivity contribution in [2.75, 3.05) is 16.8 Å². The van der Waals surface area contributed by atoms with Gasteiger partial charge < -0.3 is 0 Å². The summed E-state index contributed by atoms with van der Waals surface area (Å²) in [6, 6.07) is 0. The summed E-state index contributed by atoms with van der Waals surface area (Å²) in [5, 5.41) is 18.3. The van der Waals surface area contributed by atoms with E-state index in [2.05, 4.69) is 37.6 Å². The van der Waals surface area contributed by atoms with Gasteiger partial charge in [-0.2, -0.15) is 5.10 Å². The third kappa shape index (κ3) is 5.10. The van der Waals surface area contributed by atoms with Gasteiger partial charge in [0, 0.05) is 5.75 Å². The minimum Gasteiger partial charge on any atom is -0.300 e. The normalized spacial score (nSPS) is 10.7. The Morgan fingerprint density at radius 2 is 2.35 bits per heavy atom. The molecule has 7 nitrogen and oxygen atoms in total. The van der Waals surface area contributed by atoms with Gasteiger partial charge in [0.05, 0.1) is 5.75 Å². The van der Waals surface area contributed by atoms with Gasteiger partial charge in [-0.05, 0) is 6.42 Å². The number of aromatic nitrogens is 5. The molecule has 0 aromatic carbocycles. The van der Waals surface area contributed by atoms with Crippen molar-refractivity contribution in [2.45, 2.75) is 29.3 Å². The van der Waals surface area contributed by atoms with Gasteiger partial charge in [0.15, 0.2) is 9.50 Å². The van der Waals surface area contributed by atoms with E-state index in [0.29, 0.717) is 10.3 Å². The van der Waals surface area contributed by atoms with E-state index in [1.54, 1.807) is 11.8 Å². The fourth-order valence-corrected chi connectivity index (χ4v) is 3.68. The van der Waals surface area contributed by atoms with E-state index >= 15 is 0 Å². The third-order valence-electron chi connectivity index (χ3n) is 2.11. The Morgan fingerprint density at radius 1 is 1.45 bits per heavy atom. The van der Waals surface area contributed by atoms with Crippen molar-refractivity contribution >= 4 is 45.9 Å². The van der Waals surface area contributed by atoms with E-state index in [-0.39, 0.29) is 11.7 Å². The molecule has 0 saturated carbocycles. The molecule has 0 radical (unpaired) electrons. The standard InChI is InChI=1S/C10H14N6OS3/c1-2-3-4-18-10-16-15-9(20-10)13-7(17)5-19-8-11-6-12-14-8/h6H,2-5H2,1H3,(H,11,12,14)(H,13,15,17). The van der Waals surface area contributed by atoms with Crippen LogP contribution < -0.4 is 5.32 Å². The van der Waals surface area contributed by atoms with Crippen LogP contribution in [0.15, 0.2) is 15.8 Å². The lowest BCUT2D eigenvalue weighted by molar-refractivity contribution is -0.113. The zero-order valence-corrected chi connectivity index (χ0v) is 13.3. The van der Waals surface area contributed by atoms with E-state index in [9.17, 15) is 4.79 Å². The number of aromatic amines is 1. The van der Waals surface area contributed by atoms with Crippen molar-refractivity contribution in [2.24, 2.45) is 0 Å². The molecule has 108 valence electrons. The maximum atomic E-state index is 11.7. The Bertz CT molecular complexity index is 529. The van der Waals surface area contributed by atoms with E-state index in [0.717, 1.165) is 22.9 Å². The van der Waals surface area contributed by atoms with Gasteiger partial charge in [-0.25, -0.2) is 4.98 Å². The van der Waals surface area contributed by atoms with Crippen molar-refractivity contribution in [1.82, 2.24) is 25.4 Å². The van der Waals surface area contributed by atoms with Crippen LogP contribution in [-0.4, -0.2) is 42.8 Å². The molecule has 0 bridgehead atoms. The van der Waals surface area contributed by atoms with Crippen LogP contribution in [0.1, 0.15) is 19.8 Å². The van der Waals surface area contributed by atoms with Crippen LogP contribution in [-0.2, 0) is 4.79 Å². The fraction of sp³-hybridized carbons (Fsp3) is 0.500. The molecular weight excluding hydrogens is 316 g/mol. The van der Waals surface area contributed by atoms with Gasteiger partial charge >= 0.3 is 0 Å². The molecule has 0 atom stereocenters. The molecule has 20 heavy (non-hydrogen) atoms. The molecule has 0 unspecified atom stereocenters. The first kappa shape index (κ1) is 15.3. The van der Waals surface area contributed by atoms with Crippen molar-refractivity contribution in [1.29, 1.82) is 0 Å². The van der Waals surface area contributed by atoms with E-state index in [4.69, 9.17) is 0 Å². The number of carbonyl (C=O) groups is 1. The van der Waals surface area contributed by atoms with Gasteiger partial charge in [0.1, 0.15) is 6.33 Å². The van der Waals surface area contributed by atoms with Crippen molar-refractivity contribution in [3.05, 3.63) is 6.33 Å². The lowest BCUT2D eigenvalue weighted by atomic mass is 10.4. The van der Waals surface area contributed by atoms with Gasteiger partial charge in [0.25, 0.3) is 0 Å². The first-order valence-corrected chi connectivity index (χ1v) is 8.81. The predicted octanol–water partition coefficient (Wildman–Crippen LogP) is 2.28. The van der Waals surface area contributed by atoms with Crippen molar-refractivity contribution < 1.29 is 4.79 Å². The van der Waals surface area contributed by atoms with Crippen LogP contribution in [0.2, 0.25) is 0 Å². The minimum absolute atomic E-state index is 0.132. The van der Waals surface area contributed by atoms with E-state index in [1.165, 1.54) is 29.4 Å². The molecule has 0 fully saturated rings. The molecule has 1 amide bonds. The van der Waals surface area contributed by atoms with Crippen LogP contribution in [0.4, 0.5) is 5.13 Å². The topological polar surface area (TPSA) is 96.5 Å². The summed E-state index contributed by atoms with van der Waals surface area (Å²) in [7, 11) is 0. The quantitative estimate of drug-likeness (QED) is 0.435. The second-order valence-corrected chi connectivity index (χ2v) is 6.99. The first-order valence-electron chi connectivity index (χ1n) is 6.02. The van der Waals surface area contributed by atoms with E-state index in [1.807, 2.05) is 0 Å². The highest BCUT2D eigenvalue weighted by Crippen LogP contribution is 2.26. The number of rotatable bonds is 8. The van der Waals surface area contributed by atoms with Crippen LogP contribution >= 0.6 is 34.9 Å². The van der Waals surface area contributed by atoms with Crippen LogP contribution in [0.5, 0.6) is 0 Å². The molecule has 2 aromatic rings. The Hall–Kier alpha value is -1.13. The summed E-state index contributed by atoms with van der Waals surface area (Å²) >= 11 is 4.36. The summed E-state index contributed by atoms with van der Waals surface area (Å²) in [6.07, 6.45) is 3.72. The number of hydrogen-bond donors (Lipinski definition) is 2. The second kappa shape index (κ2) is 8.22. The van der Waals surface area contributed by atoms with Crippen molar-refractivity contribution in [3.63, 3.8) is 0 Å². The van der Waals surface area contributed by atoms with Crippen molar-refractivity contribution in [3.8, 4) is 0 Å². The molecule has 2 aromatic heterocycles. The first-order chi connectivity index (χ1) is 9.78. The Labute approximate surface area is 128 Å². The van der Waals surface area contributed by atoms with Crippen LogP contribution in [0.3, 0.4) is 0 Å². The van der Waals surface area contributed by atoms with Crippen LogP contribution in [0.25, 0.3) is 0 Å². The van der Waals surface area contributed by atoms with Gasteiger partial charge in [0.2, 0.25) is 11.0 Å². The molecule has 0 spiro atoms. The SMILES string of the molecule is CCCCSc1nnc(NC(=O)CSc2ncn[nH]2)s1. The molecule has 2 rings (SSSR count). The molecule has 0 saturated heterocycles. The summed E-state index contributed by atoms with van der Waals surface area (Å²) in [6.45, 7) is 2.15. The Kier molecular flexibility index (Phi) is 6.27. The largest absolute Gasteiger partial charge is 0.300 e. The predicted molar refractivity (Wildman–Crippen MR) is 81.3 cm³/mol. The zero-order valence-electron chi connectivity index (χ0n) is 10.8. The molecule has 2 heterocycles. The van der Waals surface area contributed by atoms with Crippen LogP contribution in [0, 0.1) is 0 Å². The summed E-state index contributed by atoms with van der Waals surface area (Å²) in [5.41, 5.74) is 0. The summed E-state index contributed by atoms with van der Waals surface area (Å²) in [4.78, 5) is 15.6. The van der Waals surface area contributed by atoms with E-state index < -0.39 is 0 Å². The molecule has 0 aliphatic carbocycles. The highest BCUT2D eigenvalue weighted by molar-refractivity contribution is 8.01. The molecule has 0 aliphatic rings. The fourth-order valence-electron chi connectivity index (χ4n) is 1.18. The maximum Gasteiger partial charge on any atom is 0.236 e. The number of nitrogens with one attached hydrogen (secondary N) is 2. The van der Waals surface area contributed by atoms with Gasteiger partial charge in [-0.3, -0.25) is 15.2 Å². The highest BCUT2D eigenvalue weighted by atomic mass is 32.2. The number of thioether (sulfide) groups is 2. The lowest BCUT2D eigenvalue weighted by Gasteiger charge is -1.98. The summed E-state index contributed by atoms with van der Waals surface area (Å²) < 4.78 is 0.886. The smallest absolute Gasteiger partial charge is 0.236 e. The minimum atomic E-state index is -0.132. The Balaban J connectivity index is 1.73. The lowest BCUT2D eigenvalue weighted by Crippen LogP contribution is -2.13. The molecular formula is C10H14N6OS3. The van der Waals surface area contributed by atoms with Gasteiger partial charge in [-0.15, -0.1) is 10.2 Å². The number of anilines is 1. The number of carbonyl (C=O) groups excluding carboxylic acids is 1. The second-order valence-electron chi connectivity index (χ2n) is 3.70. The molecule has 0 aliphatic heterocycles. The molecule has 2 N–H and O–H groups in total. The monoisotopic (exact) mass is 330 g/mol. The number of hydrogen-bond acceptors (Lipinski definition) is 8. The third-order valence-corrected chi connectivity index (χ3v) is 5.04. The number of H-pyrrole nitrogens is 1. The average Bonchev–Trinajstić information content (AvgIpc) is 3.08. The number of unbranched alkanes of at least 4 members (excludes halogenated alkanes) is 1. The van der Waals surface area contributed by atoms with Gasteiger partial charge in [-0.1, -0.05) is 48.2 Å². The number of nitrogens with zero attached hydrogens (tertiary/aromatic N) is 4. The maximum absolute atomic E-state index is 11.7.